The summed E-state index contributed by atoms with van der Waals surface area (Å²) in [7, 11) is -3.66. The fraction of sp³-hybridized carbons (Fsp3) is 0.367. The normalized spacial score (nSPS) is 18.2. The Labute approximate surface area is 240 Å². The minimum absolute atomic E-state index is 0.281. The number of benzene rings is 2. The average molecular weight is 574 g/mol. The molecule has 4 heterocycles. The Bertz CT molecular complexity index is 1630. The van der Waals surface area contributed by atoms with Gasteiger partial charge in [0.25, 0.3) is 0 Å². The molecule has 0 aliphatic carbocycles. The lowest BCUT2D eigenvalue weighted by atomic mass is 10.0. The number of hydrogen-bond acceptors (Lipinski definition) is 8. The minimum atomic E-state index is -3.66. The zero-order chi connectivity index (χ0) is 28.2. The van der Waals surface area contributed by atoms with Crippen molar-refractivity contribution in [2.45, 2.75) is 45.1 Å². The van der Waals surface area contributed by atoms with Gasteiger partial charge in [0.15, 0.2) is 0 Å². The molecule has 10 nitrogen and oxygen atoms in total. The van der Waals surface area contributed by atoms with Crippen LogP contribution in [0.1, 0.15) is 37.7 Å². The van der Waals surface area contributed by atoms with E-state index in [2.05, 4.69) is 25.3 Å². The van der Waals surface area contributed by atoms with E-state index in [1.807, 2.05) is 49.4 Å². The predicted molar refractivity (Wildman–Crippen MR) is 162 cm³/mol. The molecule has 1 atom stereocenters. The summed E-state index contributed by atoms with van der Waals surface area (Å²) in [6.07, 6.45) is 8.42. The number of fused-ring (bicyclic) bond motifs is 1. The van der Waals surface area contributed by atoms with E-state index in [0.717, 1.165) is 67.1 Å². The molecule has 2 aliphatic heterocycles. The Morgan fingerprint density at radius 2 is 1.83 bits per heavy atom. The topological polar surface area (TPSA) is 121 Å². The van der Waals surface area contributed by atoms with Gasteiger partial charge < -0.3 is 15.4 Å². The maximum absolute atomic E-state index is 13.1. The van der Waals surface area contributed by atoms with Gasteiger partial charge in [-0.15, -0.1) is 0 Å². The number of aromatic nitrogens is 3. The van der Waals surface area contributed by atoms with E-state index in [1.54, 1.807) is 18.5 Å². The molecule has 0 saturated carbocycles. The number of ether oxygens (including phenoxy) is 1. The zero-order valence-corrected chi connectivity index (χ0v) is 24.0. The molecule has 4 aromatic rings. The molecule has 3 N–H and O–H groups in total. The number of piperidine rings is 2. The summed E-state index contributed by atoms with van der Waals surface area (Å²) < 4.78 is 37.1. The highest BCUT2D eigenvalue weighted by Gasteiger charge is 2.25. The molecule has 2 aromatic heterocycles. The van der Waals surface area contributed by atoms with Crippen molar-refractivity contribution in [2.24, 2.45) is 0 Å². The van der Waals surface area contributed by atoms with Gasteiger partial charge in [-0.1, -0.05) is 30.7 Å². The first kappa shape index (κ1) is 27.4. The SMILES string of the molecule is Cc1ccc2c(NS(=O)(=O)N3CCCCC3)cccc2c1Oc1ncccc1-c1ccnc(N[C@H]2CCCNC2)n1. The third kappa shape index (κ3) is 6.12. The van der Waals surface area contributed by atoms with E-state index in [4.69, 9.17) is 9.72 Å². The van der Waals surface area contributed by atoms with Gasteiger partial charge in [-0.05, 0) is 69.0 Å². The Balaban J connectivity index is 1.31. The average Bonchev–Trinajstić information content (AvgIpc) is 3.00. The molecular weight excluding hydrogens is 538 g/mol. The zero-order valence-electron chi connectivity index (χ0n) is 23.1. The Hall–Kier alpha value is -3.80. The van der Waals surface area contributed by atoms with E-state index < -0.39 is 10.2 Å². The van der Waals surface area contributed by atoms with Crippen LogP contribution in [0, 0.1) is 6.92 Å². The summed E-state index contributed by atoms with van der Waals surface area (Å²) in [5.41, 5.74) is 2.85. The van der Waals surface area contributed by atoms with E-state index in [0.29, 0.717) is 42.0 Å². The number of hydrogen-bond donors (Lipinski definition) is 3. The minimum Gasteiger partial charge on any atom is -0.437 e. The monoisotopic (exact) mass is 573 g/mol. The van der Waals surface area contributed by atoms with Crippen molar-refractivity contribution < 1.29 is 13.2 Å². The smallest absolute Gasteiger partial charge is 0.301 e. The molecule has 0 unspecified atom stereocenters. The second kappa shape index (κ2) is 12.0. The van der Waals surface area contributed by atoms with E-state index in [1.165, 1.54) is 4.31 Å². The van der Waals surface area contributed by atoms with Crippen molar-refractivity contribution in [2.75, 3.05) is 36.2 Å². The molecule has 0 spiro atoms. The molecule has 2 saturated heterocycles. The highest BCUT2D eigenvalue weighted by Crippen LogP contribution is 2.39. The largest absolute Gasteiger partial charge is 0.437 e. The van der Waals surface area contributed by atoms with E-state index in [9.17, 15) is 8.42 Å². The van der Waals surface area contributed by atoms with Crippen LogP contribution in [0.5, 0.6) is 11.6 Å². The van der Waals surface area contributed by atoms with E-state index in [-0.39, 0.29) is 6.04 Å². The Kier molecular flexibility index (Phi) is 8.00. The number of aryl methyl sites for hydroxylation is 1. The molecule has 0 amide bonds. The number of nitrogens with one attached hydrogen (secondary N) is 3. The lowest BCUT2D eigenvalue weighted by molar-refractivity contribution is 0.349. The summed E-state index contributed by atoms with van der Waals surface area (Å²) in [6.45, 7) is 4.95. The van der Waals surface area contributed by atoms with Gasteiger partial charge >= 0.3 is 10.2 Å². The molecule has 6 rings (SSSR count). The second-order valence-corrected chi connectivity index (χ2v) is 12.3. The van der Waals surface area contributed by atoms with E-state index >= 15 is 0 Å². The summed E-state index contributed by atoms with van der Waals surface area (Å²) in [4.78, 5) is 13.8. The van der Waals surface area contributed by atoms with Crippen LogP contribution in [0.25, 0.3) is 22.0 Å². The summed E-state index contributed by atoms with van der Waals surface area (Å²) in [6, 6.07) is 15.3. The standard InChI is InChI=1S/C30H35N7O3S/c1-21-12-13-23-24(9-5-11-27(23)36-41(38,39)37-18-3-2-4-19-37)28(21)40-29-25(10-7-16-32-29)26-14-17-33-30(35-26)34-22-8-6-15-31-20-22/h5,7,9-14,16-17,22,31,36H,2-4,6,8,15,18-20H2,1H3,(H,33,34,35)/t22-/m0/s1. The van der Waals surface area contributed by atoms with Crippen LogP contribution in [0.3, 0.4) is 0 Å². The molecule has 2 fully saturated rings. The molecule has 2 aliphatic rings. The third-order valence-corrected chi connectivity index (χ3v) is 9.16. The summed E-state index contributed by atoms with van der Waals surface area (Å²) in [5.74, 6) is 1.59. The molecule has 214 valence electrons. The number of rotatable bonds is 8. The van der Waals surface area contributed by atoms with Crippen molar-refractivity contribution >= 4 is 32.6 Å². The number of pyridine rings is 1. The first-order valence-corrected chi connectivity index (χ1v) is 15.7. The van der Waals surface area contributed by atoms with Crippen LogP contribution in [0.2, 0.25) is 0 Å². The van der Waals surface area contributed by atoms with Gasteiger partial charge in [-0.3, -0.25) is 4.72 Å². The van der Waals surface area contributed by atoms with Crippen LogP contribution in [-0.2, 0) is 10.2 Å². The maximum Gasteiger partial charge on any atom is 0.301 e. The van der Waals surface area contributed by atoms with Crippen molar-refractivity contribution in [3.63, 3.8) is 0 Å². The third-order valence-electron chi connectivity index (χ3n) is 7.63. The van der Waals surface area contributed by atoms with Gasteiger partial charge in [0.05, 0.1) is 16.9 Å². The van der Waals surface area contributed by atoms with Crippen molar-refractivity contribution in [3.8, 4) is 22.9 Å². The van der Waals surface area contributed by atoms with Crippen LogP contribution < -0.4 is 20.1 Å². The molecule has 41 heavy (non-hydrogen) atoms. The van der Waals surface area contributed by atoms with Crippen LogP contribution in [0.15, 0.2) is 60.9 Å². The summed E-state index contributed by atoms with van der Waals surface area (Å²) in [5, 5.41) is 8.38. The Morgan fingerprint density at radius 3 is 2.66 bits per heavy atom. The molecule has 0 bridgehead atoms. The van der Waals surface area contributed by atoms with Crippen molar-refractivity contribution in [3.05, 3.63) is 66.5 Å². The van der Waals surface area contributed by atoms with Crippen molar-refractivity contribution in [1.29, 1.82) is 0 Å². The highest BCUT2D eigenvalue weighted by atomic mass is 32.2. The van der Waals surface area contributed by atoms with Crippen molar-refractivity contribution in [1.82, 2.24) is 24.6 Å². The highest BCUT2D eigenvalue weighted by molar-refractivity contribution is 7.90. The molecule has 2 aromatic carbocycles. The number of anilines is 2. The second-order valence-electron chi connectivity index (χ2n) is 10.6. The quantitative estimate of drug-likeness (QED) is 0.266. The van der Waals surface area contributed by atoms with Gasteiger partial charge in [-0.2, -0.15) is 12.7 Å². The first-order valence-electron chi connectivity index (χ1n) is 14.2. The van der Waals surface area contributed by atoms with Gasteiger partial charge in [0, 0.05) is 48.8 Å². The van der Waals surface area contributed by atoms with Gasteiger partial charge in [-0.25, -0.2) is 15.0 Å². The molecule has 11 heteroatoms. The fourth-order valence-electron chi connectivity index (χ4n) is 5.47. The lowest BCUT2D eigenvalue weighted by Gasteiger charge is -2.26. The number of nitrogens with zero attached hydrogens (tertiary/aromatic N) is 4. The summed E-state index contributed by atoms with van der Waals surface area (Å²) >= 11 is 0. The van der Waals surface area contributed by atoms with Gasteiger partial charge in [0.1, 0.15) is 5.75 Å². The maximum atomic E-state index is 13.1. The lowest BCUT2D eigenvalue weighted by Crippen LogP contribution is -2.39. The molecule has 0 radical (unpaired) electrons. The van der Waals surface area contributed by atoms with Crippen LogP contribution >= 0.6 is 0 Å². The Morgan fingerprint density at radius 1 is 0.951 bits per heavy atom. The van der Waals surface area contributed by atoms with Gasteiger partial charge in [0.2, 0.25) is 11.8 Å². The first-order chi connectivity index (χ1) is 20.0. The van der Waals surface area contributed by atoms with Crippen LogP contribution in [-0.4, -0.2) is 59.9 Å². The van der Waals surface area contributed by atoms with Crippen LogP contribution in [0.4, 0.5) is 11.6 Å². The predicted octanol–water partition coefficient (Wildman–Crippen LogP) is 5.10. The molecular formula is C30H35N7O3S. The fourth-order valence-corrected chi connectivity index (χ4v) is 6.80.